The van der Waals surface area contributed by atoms with Crippen molar-refractivity contribution in [3.05, 3.63) is 91.6 Å². The Labute approximate surface area is 267 Å². The molecular weight excluding hydrogens is 584 g/mol. The average Bonchev–Trinajstić information content (AvgIpc) is 3.63. The molecule has 0 saturated heterocycles. The van der Waals surface area contributed by atoms with Gasteiger partial charge in [0.15, 0.2) is 5.82 Å². The van der Waals surface area contributed by atoms with Crippen molar-refractivity contribution in [2.45, 2.75) is 97.3 Å². The molecule has 3 heterocycles. The summed E-state index contributed by atoms with van der Waals surface area (Å²) in [5, 5.41) is 18.8. The molecule has 46 heavy (non-hydrogen) atoms. The molecule has 2 N–H and O–H groups in total. The lowest BCUT2D eigenvalue weighted by Gasteiger charge is -2.32. The van der Waals surface area contributed by atoms with Gasteiger partial charge in [0.1, 0.15) is 5.82 Å². The molecule has 0 bridgehead atoms. The highest BCUT2D eigenvalue weighted by Gasteiger charge is 2.29. The van der Waals surface area contributed by atoms with Gasteiger partial charge in [-0.15, -0.1) is 0 Å². The lowest BCUT2D eigenvalue weighted by atomic mass is 9.91. The van der Waals surface area contributed by atoms with Gasteiger partial charge in [0, 0.05) is 23.6 Å². The number of aryl methyl sites for hydroxylation is 3. The maximum absolute atomic E-state index is 14.5. The fourth-order valence-corrected chi connectivity index (χ4v) is 6.63. The summed E-state index contributed by atoms with van der Waals surface area (Å²) in [6, 6.07) is 14.0. The topological polar surface area (TPSA) is 141 Å². The van der Waals surface area contributed by atoms with Crippen LogP contribution in [0.4, 0.5) is 0 Å². The number of hydrogen-bond acceptors (Lipinski definition) is 8. The van der Waals surface area contributed by atoms with E-state index in [1.807, 2.05) is 40.3 Å². The van der Waals surface area contributed by atoms with Gasteiger partial charge in [0.05, 0.1) is 24.0 Å². The number of H-pyrrole nitrogens is 1. The maximum Gasteiger partial charge on any atom is 0.439 e. The fourth-order valence-electron chi connectivity index (χ4n) is 6.63. The van der Waals surface area contributed by atoms with Gasteiger partial charge < -0.3 is 9.84 Å². The van der Waals surface area contributed by atoms with E-state index >= 15 is 0 Å². The lowest BCUT2D eigenvalue weighted by molar-refractivity contribution is -0.0654. The van der Waals surface area contributed by atoms with Crippen molar-refractivity contribution in [1.29, 1.82) is 0 Å². The molecule has 5 aromatic rings. The highest BCUT2D eigenvalue weighted by atomic mass is 16.5. The molecule has 0 unspecified atom stereocenters. The van der Waals surface area contributed by atoms with Crippen LogP contribution >= 0.6 is 0 Å². The highest BCUT2D eigenvalue weighted by molar-refractivity contribution is 5.82. The van der Waals surface area contributed by atoms with Crippen LogP contribution in [0.2, 0.25) is 0 Å². The monoisotopic (exact) mass is 626 g/mol. The van der Waals surface area contributed by atoms with Gasteiger partial charge in [-0.3, -0.25) is 18.9 Å². The summed E-state index contributed by atoms with van der Waals surface area (Å²) in [6.07, 6.45) is 5.29. The lowest BCUT2D eigenvalue weighted by Crippen LogP contribution is -2.36. The third-order valence-corrected chi connectivity index (χ3v) is 8.74. The standard InChI is InChI=1S/C35H42N6O5/c1-6-9-30-29(19-23-12-17-26(21(2)18-23)27-10-7-8-11-28(27)31-37-34(43)46-39-31)32(42)40(33-36-22(3)38-41(30)33)24-13-15-25(16-14-24)45-20-35(4,5)44/h7-8,10-12,17-18,24-25,44H,6,9,13-16,19-20H2,1-5H3,(H,37,39,43). The van der Waals surface area contributed by atoms with Gasteiger partial charge in [-0.25, -0.2) is 9.31 Å². The first kappa shape index (κ1) is 31.6. The summed E-state index contributed by atoms with van der Waals surface area (Å²) in [5.74, 6) is 1.02. The summed E-state index contributed by atoms with van der Waals surface area (Å²) in [4.78, 5) is 33.5. The molecule has 0 atom stereocenters. The molecule has 1 saturated carbocycles. The molecule has 6 rings (SSSR count). The third-order valence-electron chi connectivity index (χ3n) is 8.74. The first-order valence-electron chi connectivity index (χ1n) is 16.1. The van der Waals surface area contributed by atoms with Gasteiger partial charge >= 0.3 is 5.76 Å². The minimum atomic E-state index is -0.875. The van der Waals surface area contributed by atoms with Crippen LogP contribution < -0.4 is 11.3 Å². The zero-order valence-electron chi connectivity index (χ0n) is 27.2. The normalized spacial score (nSPS) is 17.2. The van der Waals surface area contributed by atoms with Crippen LogP contribution in [0.25, 0.3) is 28.3 Å². The number of hydrogen-bond donors (Lipinski definition) is 2. The summed E-state index contributed by atoms with van der Waals surface area (Å²) in [6.45, 7) is 9.81. The molecule has 2 aromatic carbocycles. The Hall–Kier alpha value is -4.35. The number of nitrogens with zero attached hydrogens (tertiary/aromatic N) is 5. The quantitative estimate of drug-likeness (QED) is 0.212. The molecule has 1 fully saturated rings. The van der Waals surface area contributed by atoms with Crippen LogP contribution in [0.5, 0.6) is 0 Å². The number of rotatable bonds is 10. The van der Waals surface area contributed by atoms with E-state index in [4.69, 9.17) is 19.3 Å². The van der Waals surface area contributed by atoms with E-state index in [9.17, 15) is 14.7 Å². The van der Waals surface area contributed by atoms with Gasteiger partial charge in [-0.05, 0) is 82.1 Å². The second-order valence-electron chi connectivity index (χ2n) is 13.1. The number of aromatic nitrogens is 6. The van der Waals surface area contributed by atoms with E-state index < -0.39 is 11.4 Å². The predicted molar refractivity (Wildman–Crippen MR) is 175 cm³/mol. The fraction of sp³-hybridized carbons (Fsp3) is 0.457. The van der Waals surface area contributed by atoms with Gasteiger partial charge in [-0.2, -0.15) is 10.1 Å². The minimum absolute atomic E-state index is 0.00808. The van der Waals surface area contributed by atoms with Crippen LogP contribution in [0.1, 0.15) is 87.1 Å². The number of aliphatic hydroxyl groups is 1. The molecule has 1 aliphatic rings. The van der Waals surface area contributed by atoms with Crippen LogP contribution in [0, 0.1) is 13.8 Å². The van der Waals surface area contributed by atoms with Crippen LogP contribution in [0.15, 0.2) is 56.6 Å². The van der Waals surface area contributed by atoms with E-state index in [-0.39, 0.29) is 24.3 Å². The van der Waals surface area contributed by atoms with Crippen molar-refractivity contribution in [2.24, 2.45) is 0 Å². The number of nitrogens with one attached hydrogen (secondary N) is 1. The second-order valence-corrected chi connectivity index (χ2v) is 13.1. The van der Waals surface area contributed by atoms with E-state index in [0.717, 1.165) is 71.2 Å². The van der Waals surface area contributed by atoms with Crippen LogP contribution in [-0.2, 0) is 17.6 Å². The second kappa shape index (κ2) is 12.8. The summed E-state index contributed by atoms with van der Waals surface area (Å²) in [5.41, 5.74) is 5.52. The third kappa shape index (κ3) is 6.47. The highest BCUT2D eigenvalue weighted by Crippen LogP contribution is 2.34. The van der Waals surface area contributed by atoms with Gasteiger partial charge in [0.2, 0.25) is 5.78 Å². The van der Waals surface area contributed by atoms with E-state index in [0.29, 0.717) is 30.3 Å². The molecule has 0 radical (unpaired) electrons. The molecular formula is C35H42N6O5. The Morgan fingerprint density at radius 3 is 2.43 bits per heavy atom. The van der Waals surface area contributed by atoms with Crippen LogP contribution in [-0.4, -0.2) is 52.7 Å². The first-order chi connectivity index (χ1) is 22.0. The minimum Gasteiger partial charge on any atom is -0.388 e. The van der Waals surface area contributed by atoms with Gasteiger partial charge in [-0.1, -0.05) is 61.0 Å². The summed E-state index contributed by atoms with van der Waals surface area (Å²) >= 11 is 0. The smallest absolute Gasteiger partial charge is 0.388 e. The number of ether oxygens (including phenoxy) is 1. The molecule has 242 valence electrons. The summed E-state index contributed by atoms with van der Waals surface area (Å²) < 4.78 is 14.5. The Kier molecular flexibility index (Phi) is 8.80. The maximum atomic E-state index is 14.5. The first-order valence-corrected chi connectivity index (χ1v) is 16.1. The van der Waals surface area contributed by atoms with Crippen molar-refractivity contribution >= 4 is 5.78 Å². The number of fused-ring (bicyclic) bond motifs is 1. The van der Waals surface area contributed by atoms with E-state index in [1.165, 1.54) is 0 Å². The Balaban J connectivity index is 1.35. The predicted octanol–water partition coefficient (Wildman–Crippen LogP) is 5.33. The molecule has 3 aromatic heterocycles. The van der Waals surface area contributed by atoms with Crippen molar-refractivity contribution in [2.75, 3.05) is 6.61 Å². The van der Waals surface area contributed by atoms with Crippen molar-refractivity contribution in [1.82, 2.24) is 29.3 Å². The molecule has 0 spiro atoms. The zero-order chi connectivity index (χ0) is 32.6. The number of aromatic amines is 1. The SMILES string of the molecule is CCCc1c(Cc2ccc(-c3ccccc3-c3noc(=O)[nH]3)c(C)c2)c(=O)n(C2CCC(OCC(C)(C)O)CC2)c2nc(C)nn12. The number of benzene rings is 2. The molecule has 1 aliphatic carbocycles. The zero-order valence-corrected chi connectivity index (χ0v) is 27.2. The van der Waals surface area contributed by atoms with E-state index in [1.54, 1.807) is 13.8 Å². The Bertz CT molecular complexity index is 1970. The molecule has 0 aliphatic heterocycles. The average molecular weight is 627 g/mol. The molecule has 0 amide bonds. The Morgan fingerprint density at radius 1 is 1.04 bits per heavy atom. The van der Waals surface area contributed by atoms with Crippen molar-refractivity contribution in [3.8, 4) is 22.5 Å². The molecule has 11 heteroatoms. The Morgan fingerprint density at radius 2 is 1.78 bits per heavy atom. The summed E-state index contributed by atoms with van der Waals surface area (Å²) in [7, 11) is 0. The van der Waals surface area contributed by atoms with E-state index in [2.05, 4.69) is 42.2 Å². The largest absolute Gasteiger partial charge is 0.439 e. The van der Waals surface area contributed by atoms with Crippen molar-refractivity contribution < 1.29 is 14.4 Å². The van der Waals surface area contributed by atoms with Crippen LogP contribution in [0.3, 0.4) is 0 Å². The van der Waals surface area contributed by atoms with Crippen molar-refractivity contribution in [3.63, 3.8) is 0 Å². The van der Waals surface area contributed by atoms with Gasteiger partial charge in [0.25, 0.3) is 5.56 Å². The molecule has 11 nitrogen and oxygen atoms in total.